The number of methoxy groups -OCH3 is 3. The van der Waals surface area contributed by atoms with E-state index < -0.39 is 29.4 Å². The van der Waals surface area contributed by atoms with Crippen molar-refractivity contribution in [3.63, 3.8) is 0 Å². The van der Waals surface area contributed by atoms with E-state index in [0.717, 1.165) is 4.90 Å². The van der Waals surface area contributed by atoms with Gasteiger partial charge in [-0.15, -0.1) is 0 Å². The lowest BCUT2D eigenvalue weighted by Crippen LogP contribution is -2.31. The van der Waals surface area contributed by atoms with Crippen LogP contribution in [0.2, 0.25) is 0 Å². The van der Waals surface area contributed by atoms with Crippen molar-refractivity contribution in [3.05, 3.63) is 65.6 Å². The minimum atomic E-state index is -1.42. The smallest absolute Gasteiger partial charge is 0.297 e. The number of hydrogen-bond acceptors (Lipinski definition) is 9. The highest BCUT2D eigenvalue weighted by Crippen LogP contribution is 2.46. The van der Waals surface area contributed by atoms with E-state index in [4.69, 9.17) is 23.2 Å². The molecule has 0 N–H and O–H groups in total. The van der Waals surface area contributed by atoms with Gasteiger partial charge < -0.3 is 23.2 Å². The van der Waals surface area contributed by atoms with E-state index in [0.29, 0.717) is 39.5 Å². The number of carbonyl (C=O) groups excluding carboxylic acids is 3. The second-order valence-electron chi connectivity index (χ2n) is 8.23. The lowest BCUT2D eigenvalue weighted by Gasteiger charge is -2.26. The summed E-state index contributed by atoms with van der Waals surface area (Å²) in [5, 5.41) is 4.63. The van der Waals surface area contributed by atoms with E-state index in [-0.39, 0.29) is 11.6 Å². The fourth-order valence-electron chi connectivity index (χ4n) is 4.52. The Kier molecular flexibility index (Phi) is 5.71. The molecule has 0 saturated carbocycles. The van der Waals surface area contributed by atoms with Crippen LogP contribution < -0.4 is 19.1 Å². The van der Waals surface area contributed by atoms with Gasteiger partial charge in [-0.1, -0.05) is 23.4 Å². The molecule has 1 fully saturated rings. The van der Waals surface area contributed by atoms with Crippen LogP contribution in [0.4, 0.5) is 5.82 Å². The van der Waals surface area contributed by atoms with Crippen LogP contribution in [0.25, 0.3) is 11.0 Å². The lowest BCUT2D eigenvalue weighted by molar-refractivity contribution is -0.135. The predicted molar refractivity (Wildman–Crippen MR) is 127 cm³/mol. The molecular formula is C26H22N2O8. The third kappa shape index (κ3) is 3.58. The molecule has 2 aromatic carbocycles. The third-order valence-corrected chi connectivity index (χ3v) is 6.15. The van der Waals surface area contributed by atoms with Crippen LogP contribution in [-0.4, -0.2) is 44.0 Å². The third-order valence-electron chi connectivity index (χ3n) is 6.15. The highest BCUT2D eigenvalue weighted by Gasteiger charge is 2.54. The number of nitrogens with zero attached hydrogens (tertiary/aromatic N) is 2. The van der Waals surface area contributed by atoms with Crippen LogP contribution in [0.1, 0.15) is 27.9 Å². The zero-order chi connectivity index (χ0) is 25.6. The molecule has 1 saturated heterocycles. The molecule has 1 aliphatic heterocycles. The monoisotopic (exact) mass is 490 g/mol. The molecule has 2 unspecified atom stereocenters. The SMILES string of the molecule is COc1cc(C2C(C(=O)c3cc4ccccc4o3)C(=O)C(=O)N2c2cc(C)on2)cc(OC)c1OC. The summed E-state index contributed by atoms with van der Waals surface area (Å²) >= 11 is 0. The van der Waals surface area contributed by atoms with Gasteiger partial charge in [-0.2, -0.15) is 0 Å². The van der Waals surface area contributed by atoms with Gasteiger partial charge in [0.15, 0.2) is 23.1 Å². The Morgan fingerprint density at radius 3 is 2.25 bits per heavy atom. The summed E-state index contributed by atoms with van der Waals surface area (Å²) < 4.78 is 27.2. The number of carbonyl (C=O) groups is 3. The van der Waals surface area contributed by atoms with E-state index in [1.807, 2.05) is 6.07 Å². The first-order chi connectivity index (χ1) is 17.4. The number of para-hydroxylation sites is 1. The molecular weight excluding hydrogens is 468 g/mol. The van der Waals surface area contributed by atoms with Gasteiger partial charge in [0.05, 0.1) is 27.4 Å². The first-order valence-corrected chi connectivity index (χ1v) is 11.0. The highest BCUT2D eigenvalue weighted by molar-refractivity contribution is 6.48. The summed E-state index contributed by atoms with van der Waals surface area (Å²) in [6.07, 6.45) is 0. The number of anilines is 1. The minimum Gasteiger partial charge on any atom is -0.493 e. The van der Waals surface area contributed by atoms with Crippen molar-refractivity contribution in [3.8, 4) is 17.2 Å². The Morgan fingerprint density at radius 1 is 0.972 bits per heavy atom. The van der Waals surface area contributed by atoms with Gasteiger partial charge >= 0.3 is 0 Å². The second kappa shape index (κ2) is 8.88. The molecule has 4 aromatic rings. The molecule has 2 aromatic heterocycles. The number of ketones is 2. The summed E-state index contributed by atoms with van der Waals surface area (Å²) in [7, 11) is 4.35. The van der Waals surface area contributed by atoms with Gasteiger partial charge in [0.2, 0.25) is 17.3 Å². The maximum atomic E-state index is 13.7. The van der Waals surface area contributed by atoms with Crippen LogP contribution in [0.15, 0.2) is 57.5 Å². The van der Waals surface area contributed by atoms with E-state index in [9.17, 15) is 14.4 Å². The van der Waals surface area contributed by atoms with E-state index in [2.05, 4.69) is 5.16 Å². The quantitative estimate of drug-likeness (QED) is 0.216. The van der Waals surface area contributed by atoms with Crippen molar-refractivity contribution in [2.75, 3.05) is 26.2 Å². The molecule has 10 heteroatoms. The van der Waals surface area contributed by atoms with Crippen molar-refractivity contribution in [2.45, 2.75) is 13.0 Å². The summed E-state index contributed by atoms with van der Waals surface area (Å²) in [5.74, 6) is -2.41. The molecule has 10 nitrogen and oxygen atoms in total. The van der Waals surface area contributed by atoms with E-state index >= 15 is 0 Å². The molecule has 36 heavy (non-hydrogen) atoms. The zero-order valence-corrected chi connectivity index (χ0v) is 19.9. The van der Waals surface area contributed by atoms with E-state index in [1.54, 1.807) is 43.3 Å². The number of furan rings is 1. The fourth-order valence-corrected chi connectivity index (χ4v) is 4.52. The van der Waals surface area contributed by atoms with Gasteiger partial charge in [-0.25, -0.2) is 0 Å². The van der Waals surface area contributed by atoms with Gasteiger partial charge in [0.25, 0.3) is 5.91 Å². The van der Waals surface area contributed by atoms with Crippen LogP contribution in [0.3, 0.4) is 0 Å². The molecule has 0 spiro atoms. The molecule has 3 heterocycles. The largest absolute Gasteiger partial charge is 0.493 e. The van der Waals surface area contributed by atoms with Crippen LogP contribution >= 0.6 is 0 Å². The Bertz CT molecular complexity index is 1440. The van der Waals surface area contributed by atoms with Gasteiger partial charge in [0, 0.05) is 11.5 Å². The first kappa shape index (κ1) is 23.2. The highest BCUT2D eigenvalue weighted by atomic mass is 16.5. The molecule has 0 radical (unpaired) electrons. The molecule has 1 amide bonds. The standard InChI is InChI=1S/C26H22N2O8/c1-13-9-20(27-36-13)28-22(15-11-18(32-2)25(34-4)19(12-15)33-3)21(24(30)26(28)31)23(29)17-10-14-7-5-6-8-16(14)35-17/h5-12,21-22H,1-4H3. The molecule has 1 aliphatic rings. The molecule has 2 atom stereocenters. The van der Waals surface area contributed by atoms with Crippen molar-refractivity contribution in [2.24, 2.45) is 5.92 Å². The minimum absolute atomic E-state index is 0.0297. The normalized spacial score (nSPS) is 17.6. The maximum Gasteiger partial charge on any atom is 0.297 e. The van der Waals surface area contributed by atoms with Crippen molar-refractivity contribution < 1.29 is 37.5 Å². The van der Waals surface area contributed by atoms with E-state index in [1.165, 1.54) is 27.4 Å². The Hall–Kier alpha value is -4.60. The van der Waals surface area contributed by atoms with Gasteiger partial charge in [-0.3, -0.25) is 19.3 Å². The molecule has 0 bridgehead atoms. The lowest BCUT2D eigenvalue weighted by atomic mass is 9.88. The number of hydrogen-bond donors (Lipinski definition) is 0. The summed E-state index contributed by atoms with van der Waals surface area (Å²) in [5.41, 5.74) is 0.893. The van der Waals surface area contributed by atoms with Crippen molar-refractivity contribution in [1.29, 1.82) is 0 Å². The molecule has 0 aliphatic carbocycles. The molecule has 184 valence electrons. The number of Topliss-reactive ketones (excluding diaryl/α,β-unsaturated/α-hetero) is 2. The van der Waals surface area contributed by atoms with Crippen molar-refractivity contribution >= 4 is 34.3 Å². The predicted octanol–water partition coefficient (Wildman–Crippen LogP) is 3.91. The number of benzene rings is 2. The van der Waals surface area contributed by atoms with Crippen LogP contribution in [-0.2, 0) is 9.59 Å². The average Bonchev–Trinajstić information content (AvgIpc) is 3.58. The maximum absolute atomic E-state index is 13.7. The number of aryl methyl sites for hydroxylation is 1. The number of rotatable bonds is 7. The Morgan fingerprint density at radius 2 is 1.67 bits per heavy atom. The molecule has 5 rings (SSSR count). The Labute approximate surface area is 205 Å². The number of fused-ring (bicyclic) bond motifs is 1. The van der Waals surface area contributed by atoms with Gasteiger partial charge in [0.1, 0.15) is 17.3 Å². The number of ether oxygens (including phenoxy) is 3. The Balaban J connectivity index is 1.70. The van der Waals surface area contributed by atoms with Gasteiger partial charge in [-0.05, 0) is 36.8 Å². The number of amides is 1. The first-order valence-electron chi connectivity index (χ1n) is 11.0. The fraction of sp³-hybridized carbons (Fsp3) is 0.231. The average molecular weight is 490 g/mol. The summed E-state index contributed by atoms with van der Waals surface area (Å²) in [4.78, 5) is 41.5. The van der Waals surface area contributed by atoms with Crippen LogP contribution in [0, 0.1) is 12.8 Å². The summed E-state index contributed by atoms with van der Waals surface area (Å²) in [6.45, 7) is 1.66. The number of aromatic nitrogens is 1. The summed E-state index contributed by atoms with van der Waals surface area (Å²) in [6, 6.07) is 12.3. The second-order valence-corrected chi connectivity index (χ2v) is 8.23. The van der Waals surface area contributed by atoms with Crippen LogP contribution in [0.5, 0.6) is 17.2 Å². The van der Waals surface area contributed by atoms with Crippen molar-refractivity contribution in [1.82, 2.24) is 5.16 Å². The topological polar surface area (TPSA) is 121 Å². The zero-order valence-electron chi connectivity index (χ0n) is 19.9.